The van der Waals surface area contributed by atoms with E-state index in [1.54, 1.807) is 18.4 Å². The lowest BCUT2D eigenvalue weighted by molar-refractivity contribution is 0.390. The van der Waals surface area contributed by atoms with Crippen LogP contribution in [0.3, 0.4) is 0 Å². The number of hydrogen-bond donors (Lipinski definition) is 1. The summed E-state index contributed by atoms with van der Waals surface area (Å²) >= 11 is 1.63. The molecular weight excluding hydrogens is 334 g/mol. The molecule has 126 valence electrons. The Bertz CT molecular complexity index is 1010. The Balaban J connectivity index is 1.46. The summed E-state index contributed by atoms with van der Waals surface area (Å²) in [6.45, 7) is 2.61. The fourth-order valence-corrected chi connectivity index (χ4v) is 3.41. The standard InChI is InChI=1S/C19H17N3O2S/c1-12-3-8-18-17(9-12)21-19(25-18)20-11-15-10-16(22-24-15)13-4-6-14(23-2)7-5-13/h3-10H,11H2,1-2H3,(H,20,21). The molecule has 1 N–H and O–H groups in total. The molecule has 0 aliphatic rings. The predicted molar refractivity (Wildman–Crippen MR) is 100 cm³/mol. The Morgan fingerprint density at radius 3 is 2.76 bits per heavy atom. The van der Waals surface area contributed by atoms with Crippen molar-refractivity contribution in [3.05, 3.63) is 59.9 Å². The van der Waals surface area contributed by atoms with Gasteiger partial charge < -0.3 is 14.6 Å². The SMILES string of the molecule is COc1ccc(-c2cc(CNc3nc4cc(C)ccc4s3)on2)cc1. The molecule has 0 unspecified atom stereocenters. The molecule has 0 fully saturated rings. The molecule has 0 radical (unpaired) electrons. The first-order chi connectivity index (χ1) is 12.2. The third-order valence-electron chi connectivity index (χ3n) is 3.90. The Morgan fingerprint density at radius 1 is 1.12 bits per heavy atom. The lowest BCUT2D eigenvalue weighted by Gasteiger charge is -1.99. The number of hydrogen-bond acceptors (Lipinski definition) is 6. The number of aromatic nitrogens is 2. The molecule has 2 heterocycles. The monoisotopic (exact) mass is 351 g/mol. The van der Waals surface area contributed by atoms with Gasteiger partial charge in [0.1, 0.15) is 11.4 Å². The summed E-state index contributed by atoms with van der Waals surface area (Å²) in [5, 5.41) is 8.32. The number of anilines is 1. The molecule has 2 aromatic heterocycles. The summed E-state index contributed by atoms with van der Waals surface area (Å²) in [6.07, 6.45) is 0. The molecule has 0 amide bonds. The first-order valence-electron chi connectivity index (χ1n) is 7.92. The van der Waals surface area contributed by atoms with Gasteiger partial charge in [0.05, 0.1) is 23.9 Å². The molecule has 0 aliphatic heterocycles. The van der Waals surface area contributed by atoms with Crippen LogP contribution in [0.1, 0.15) is 11.3 Å². The minimum atomic E-state index is 0.544. The second kappa shape index (κ2) is 6.57. The van der Waals surface area contributed by atoms with Gasteiger partial charge in [0.2, 0.25) is 0 Å². The van der Waals surface area contributed by atoms with Crippen molar-refractivity contribution in [3.63, 3.8) is 0 Å². The van der Waals surface area contributed by atoms with E-state index >= 15 is 0 Å². The van der Waals surface area contributed by atoms with Gasteiger partial charge in [-0.15, -0.1) is 0 Å². The van der Waals surface area contributed by atoms with Crippen molar-refractivity contribution in [2.24, 2.45) is 0 Å². The summed E-state index contributed by atoms with van der Waals surface area (Å²) in [4.78, 5) is 4.60. The van der Waals surface area contributed by atoms with Gasteiger partial charge in [-0.05, 0) is 48.9 Å². The van der Waals surface area contributed by atoms with Crippen LogP contribution < -0.4 is 10.1 Å². The van der Waals surface area contributed by atoms with Crippen LogP contribution in [-0.4, -0.2) is 17.3 Å². The van der Waals surface area contributed by atoms with Gasteiger partial charge in [-0.3, -0.25) is 0 Å². The molecule has 0 atom stereocenters. The van der Waals surface area contributed by atoms with E-state index in [1.807, 2.05) is 30.3 Å². The number of rotatable bonds is 5. The number of nitrogens with one attached hydrogen (secondary N) is 1. The predicted octanol–water partition coefficient (Wildman–Crippen LogP) is 4.88. The normalized spacial score (nSPS) is 11.0. The second-order valence-electron chi connectivity index (χ2n) is 5.75. The molecule has 0 saturated heterocycles. The Morgan fingerprint density at radius 2 is 1.96 bits per heavy atom. The number of fused-ring (bicyclic) bond motifs is 1. The van der Waals surface area contributed by atoms with Crippen molar-refractivity contribution in [1.82, 2.24) is 10.1 Å². The fourth-order valence-electron chi connectivity index (χ4n) is 2.57. The molecule has 25 heavy (non-hydrogen) atoms. The Hall–Kier alpha value is -2.86. The van der Waals surface area contributed by atoms with E-state index in [-0.39, 0.29) is 0 Å². The van der Waals surface area contributed by atoms with Gasteiger partial charge in [-0.2, -0.15) is 0 Å². The van der Waals surface area contributed by atoms with E-state index in [4.69, 9.17) is 9.26 Å². The molecule has 0 saturated carbocycles. The van der Waals surface area contributed by atoms with E-state index < -0.39 is 0 Å². The summed E-state index contributed by atoms with van der Waals surface area (Å²) in [6, 6.07) is 16.0. The molecule has 0 spiro atoms. The van der Waals surface area contributed by atoms with E-state index in [9.17, 15) is 0 Å². The highest BCUT2D eigenvalue weighted by atomic mass is 32.1. The summed E-state index contributed by atoms with van der Waals surface area (Å²) in [5.41, 5.74) is 4.03. The fraction of sp³-hybridized carbons (Fsp3) is 0.158. The molecule has 0 bridgehead atoms. The van der Waals surface area contributed by atoms with Crippen molar-refractivity contribution in [2.75, 3.05) is 12.4 Å². The molecule has 2 aromatic carbocycles. The van der Waals surface area contributed by atoms with Crippen molar-refractivity contribution in [2.45, 2.75) is 13.5 Å². The van der Waals surface area contributed by atoms with Gasteiger partial charge in [-0.25, -0.2) is 4.98 Å². The Labute approximate surface area is 149 Å². The van der Waals surface area contributed by atoms with Crippen molar-refractivity contribution in [3.8, 4) is 17.0 Å². The number of benzene rings is 2. The molecule has 4 aromatic rings. The smallest absolute Gasteiger partial charge is 0.184 e. The van der Waals surface area contributed by atoms with Gasteiger partial charge in [0.15, 0.2) is 10.9 Å². The third kappa shape index (κ3) is 3.34. The van der Waals surface area contributed by atoms with Crippen LogP contribution in [0, 0.1) is 6.92 Å². The highest BCUT2D eigenvalue weighted by Gasteiger charge is 2.09. The van der Waals surface area contributed by atoms with Crippen molar-refractivity contribution < 1.29 is 9.26 Å². The van der Waals surface area contributed by atoms with E-state index in [0.29, 0.717) is 6.54 Å². The van der Waals surface area contributed by atoms with Gasteiger partial charge >= 0.3 is 0 Å². The lowest BCUT2D eigenvalue weighted by atomic mass is 10.1. The summed E-state index contributed by atoms with van der Waals surface area (Å²) in [5.74, 6) is 1.58. The maximum absolute atomic E-state index is 5.42. The first kappa shape index (κ1) is 15.7. The largest absolute Gasteiger partial charge is 0.497 e. The van der Waals surface area contributed by atoms with Crippen LogP contribution >= 0.6 is 11.3 Å². The zero-order valence-corrected chi connectivity index (χ0v) is 14.8. The van der Waals surface area contributed by atoms with Gasteiger partial charge in [0.25, 0.3) is 0 Å². The minimum absolute atomic E-state index is 0.544. The highest BCUT2D eigenvalue weighted by molar-refractivity contribution is 7.22. The Kier molecular flexibility index (Phi) is 4.11. The van der Waals surface area contributed by atoms with Gasteiger partial charge in [-0.1, -0.05) is 22.6 Å². The average molecular weight is 351 g/mol. The van der Waals surface area contributed by atoms with Crippen molar-refractivity contribution >= 4 is 26.7 Å². The molecule has 4 rings (SSSR count). The second-order valence-corrected chi connectivity index (χ2v) is 6.78. The zero-order chi connectivity index (χ0) is 17.2. The van der Waals surface area contributed by atoms with Crippen LogP contribution in [0.15, 0.2) is 53.1 Å². The highest BCUT2D eigenvalue weighted by Crippen LogP contribution is 2.27. The van der Waals surface area contributed by atoms with Gasteiger partial charge in [0, 0.05) is 11.6 Å². The summed E-state index contributed by atoms with van der Waals surface area (Å²) in [7, 11) is 1.65. The number of methoxy groups -OCH3 is 1. The number of ether oxygens (including phenoxy) is 1. The molecular formula is C19H17N3O2S. The third-order valence-corrected chi connectivity index (χ3v) is 4.90. The molecule has 6 heteroatoms. The average Bonchev–Trinajstić information content (AvgIpc) is 3.26. The quantitative estimate of drug-likeness (QED) is 0.555. The van der Waals surface area contributed by atoms with Crippen LogP contribution in [0.25, 0.3) is 21.5 Å². The number of thiazole rings is 1. The summed E-state index contributed by atoms with van der Waals surface area (Å²) < 4.78 is 11.8. The lowest BCUT2D eigenvalue weighted by Crippen LogP contribution is -1.97. The maximum atomic E-state index is 5.42. The van der Waals surface area contributed by atoms with E-state index in [0.717, 1.165) is 33.4 Å². The van der Waals surface area contributed by atoms with E-state index in [2.05, 4.69) is 40.6 Å². The zero-order valence-electron chi connectivity index (χ0n) is 13.9. The van der Waals surface area contributed by atoms with Crippen molar-refractivity contribution in [1.29, 1.82) is 0 Å². The van der Waals surface area contributed by atoms with Crippen LogP contribution in [-0.2, 0) is 6.54 Å². The minimum Gasteiger partial charge on any atom is -0.497 e. The maximum Gasteiger partial charge on any atom is 0.184 e. The first-order valence-corrected chi connectivity index (χ1v) is 8.74. The number of aryl methyl sites for hydroxylation is 1. The molecule has 5 nitrogen and oxygen atoms in total. The van der Waals surface area contributed by atoms with Crippen LogP contribution in [0.2, 0.25) is 0 Å². The molecule has 0 aliphatic carbocycles. The number of nitrogens with zero attached hydrogens (tertiary/aromatic N) is 2. The van der Waals surface area contributed by atoms with E-state index in [1.165, 1.54) is 10.3 Å². The van der Waals surface area contributed by atoms with Crippen LogP contribution in [0.4, 0.5) is 5.13 Å². The van der Waals surface area contributed by atoms with Crippen LogP contribution in [0.5, 0.6) is 5.75 Å². The topological polar surface area (TPSA) is 60.2 Å².